The number of nitrogens with one attached hydrogen (secondary N) is 1. The minimum Gasteiger partial charge on any atom is -0.494 e. The fraction of sp³-hybridized carbons (Fsp3) is 0.409. The van der Waals surface area contributed by atoms with E-state index >= 15 is 0 Å². The first kappa shape index (κ1) is 19.6. The van der Waals surface area contributed by atoms with E-state index < -0.39 is 0 Å². The van der Waals surface area contributed by atoms with Gasteiger partial charge in [0.05, 0.1) is 36.5 Å². The fourth-order valence-corrected chi connectivity index (χ4v) is 3.84. The lowest BCUT2D eigenvalue weighted by Gasteiger charge is -2.31. The van der Waals surface area contributed by atoms with Crippen LogP contribution in [0.25, 0.3) is 22.3 Å². The van der Waals surface area contributed by atoms with Crippen LogP contribution in [0.3, 0.4) is 0 Å². The number of ether oxygens (including phenoxy) is 1. The highest BCUT2D eigenvalue weighted by molar-refractivity contribution is 5.96. The molecule has 1 aliphatic carbocycles. The van der Waals surface area contributed by atoms with Gasteiger partial charge in [-0.2, -0.15) is 0 Å². The van der Waals surface area contributed by atoms with E-state index in [0.717, 1.165) is 29.6 Å². The van der Waals surface area contributed by atoms with Gasteiger partial charge in [0.25, 0.3) is 0 Å². The van der Waals surface area contributed by atoms with Gasteiger partial charge in [0, 0.05) is 30.8 Å². The maximum Gasteiger partial charge on any atom is 0.228 e. The number of carbonyl (C=O) groups excluding carboxylic acids is 1. The molecule has 0 atom stereocenters. The largest absolute Gasteiger partial charge is 0.494 e. The third-order valence-electron chi connectivity index (χ3n) is 5.75. The number of aliphatic hydroxyl groups is 1. The van der Waals surface area contributed by atoms with Gasteiger partial charge < -0.3 is 20.1 Å². The molecule has 9 nitrogen and oxygen atoms in total. The topological polar surface area (TPSA) is 113 Å². The zero-order chi connectivity index (χ0) is 21.4. The number of carbonyl (C=O) groups is 1. The van der Waals surface area contributed by atoms with Crippen molar-refractivity contribution in [3.05, 3.63) is 30.7 Å². The quantitative estimate of drug-likeness (QED) is 0.647. The number of pyridine rings is 2. The summed E-state index contributed by atoms with van der Waals surface area (Å²) in [6.45, 7) is 1.38. The average molecular weight is 420 g/mol. The molecule has 31 heavy (non-hydrogen) atoms. The highest BCUT2D eigenvalue weighted by Crippen LogP contribution is 2.35. The number of anilines is 2. The number of aliphatic hydroxyl groups excluding tert-OH is 1. The van der Waals surface area contributed by atoms with Crippen LogP contribution in [0.1, 0.15) is 25.7 Å². The summed E-state index contributed by atoms with van der Waals surface area (Å²) in [4.78, 5) is 32.4. The first-order valence-electron chi connectivity index (χ1n) is 10.5. The third kappa shape index (κ3) is 4.00. The first-order chi connectivity index (χ1) is 15.1. The standard InChI is InChI=1S/C22H24N6O3/c1-31-17-12-23-11-16-19(17)21(28-8-5-15(29)6-9-28)27-20(25-16)14-4-7-24-18(10-14)26-22(30)13-2-3-13/h4,7,10-13,15,29H,2-3,5-6,8-9H2,1H3,(H,24,26,30). The van der Waals surface area contributed by atoms with Crippen molar-refractivity contribution in [3.8, 4) is 17.1 Å². The summed E-state index contributed by atoms with van der Waals surface area (Å²) in [5.74, 6) is 2.48. The van der Waals surface area contributed by atoms with Gasteiger partial charge in [0.1, 0.15) is 17.4 Å². The molecule has 1 amide bonds. The number of amides is 1. The SMILES string of the molecule is COc1cncc2nc(-c3ccnc(NC(=O)C4CC4)c3)nc(N3CCC(O)CC3)c12. The van der Waals surface area contributed by atoms with E-state index in [9.17, 15) is 9.90 Å². The Morgan fingerprint density at radius 1 is 1.19 bits per heavy atom. The maximum atomic E-state index is 12.1. The molecule has 0 spiro atoms. The molecule has 2 fully saturated rings. The van der Waals surface area contributed by atoms with Gasteiger partial charge in [-0.3, -0.25) is 9.78 Å². The van der Waals surface area contributed by atoms with Crippen LogP contribution >= 0.6 is 0 Å². The monoisotopic (exact) mass is 420 g/mol. The summed E-state index contributed by atoms with van der Waals surface area (Å²) >= 11 is 0. The zero-order valence-electron chi connectivity index (χ0n) is 17.3. The molecular formula is C22H24N6O3. The van der Waals surface area contributed by atoms with E-state index in [4.69, 9.17) is 14.7 Å². The van der Waals surface area contributed by atoms with E-state index in [2.05, 4.69) is 20.2 Å². The van der Waals surface area contributed by atoms with Crippen molar-refractivity contribution >= 4 is 28.4 Å². The number of methoxy groups -OCH3 is 1. The van der Waals surface area contributed by atoms with Gasteiger partial charge in [-0.15, -0.1) is 0 Å². The Morgan fingerprint density at radius 2 is 2.00 bits per heavy atom. The van der Waals surface area contributed by atoms with Crippen molar-refractivity contribution < 1.29 is 14.6 Å². The van der Waals surface area contributed by atoms with Crippen molar-refractivity contribution in [1.29, 1.82) is 0 Å². The zero-order valence-corrected chi connectivity index (χ0v) is 17.3. The van der Waals surface area contributed by atoms with E-state index in [1.807, 2.05) is 6.07 Å². The maximum absolute atomic E-state index is 12.1. The molecule has 0 bridgehead atoms. The highest BCUT2D eigenvalue weighted by Gasteiger charge is 2.30. The molecule has 9 heteroatoms. The lowest BCUT2D eigenvalue weighted by atomic mass is 10.1. The predicted octanol–water partition coefficient (Wildman–Crippen LogP) is 2.41. The summed E-state index contributed by atoms with van der Waals surface area (Å²) in [6, 6.07) is 3.62. The first-order valence-corrected chi connectivity index (χ1v) is 10.5. The van der Waals surface area contributed by atoms with Crippen molar-refractivity contribution in [2.45, 2.75) is 31.8 Å². The van der Waals surface area contributed by atoms with Crippen LogP contribution in [0.2, 0.25) is 0 Å². The number of fused-ring (bicyclic) bond motifs is 1. The number of nitrogens with zero attached hydrogens (tertiary/aromatic N) is 5. The van der Waals surface area contributed by atoms with Crippen molar-refractivity contribution in [1.82, 2.24) is 19.9 Å². The molecule has 0 radical (unpaired) electrons. The molecule has 4 heterocycles. The average Bonchev–Trinajstić information content (AvgIpc) is 3.64. The second kappa shape index (κ2) is 8.07. The molecule has 2 N–H and O–H groups in total. The van der Waals surface area contributed by atoms with Gasteiger partial charge in [-0.05, 0) is 37.8 Å². The van der Waals surface area contributed by atoms with Crippen LogP contribution in [0.5, 0.6) is 5.75 Å². The normalized spacial score (nSPS) is 17.0. The summed E-state index contributed by atoms with van der Waals surface area (Å²) < 4.78 is 5.54. The van der Waals surface area contributed by atoms with Crippen LogP contribution in [-0.4, -0.2) is 57.3 Å². The van der Waals surface area contributed by atoms with Crippen LogP contribution in [0, 0.1) is 5.92 Å². The number of hydrogen-bond donors (Lipinski definition) is 2. The summed E-state index contributed by atoms with van der Waals surface area (Å²) in [7, 11) is 1.60. The van der Waals surface area contributed by atoms with Crippen molar-refractivity contribution in [2.75, 3.05) is 30.4 Å². The van der Waals surface area contributed by atoms with Crippen molar-refractivity contribution in [2.24, 2.45) is 5.92 Å². The highest BCUT2D eigenvalue weighted by atomic mass is 16.5. The van der Waals surface area contributed by atoms with Gasteiger partial charge in [-0.1, -0.05) is 0 Å². The second-order valence-corrected chi connectivity index (χ2v) is 8.02. The van der Waals surface area contributed by atoms with Gasteiger partial charge in [-0.25, -0.2) is 15.0 Å². The Morgan fingerprint density at radius 3 is 2.74 bits per heavy atom. The molecule has 0 aromatic carbocycles. The molecule has 2 aliphatic rings. The van der Waals surface area contributed by atoms with Gasteiger partial charge in [0.15, 0.2) is 5.82 Å². The minimum atomic E-state index is -0.287. The summed E-state index contributed by atoms with van der Waals surface area (Å²) in [5.41, 5.74) is 1.43. The lowest BCUT2D eigenvalue weighted by Crippen LogP contribution is -2.36. The Kier molecular flexibility index (Phi) is 5.11. The van der Waals surface area contributed by atoms with Crippen molar-refractivity contribution in [3.63, 3.8) is 0 Å². The molecule has 1 saturated heterocycles. The molecule has 3 aromatic rings. The van der Waals surface area contributed by atoms with E-state index in [0.29, 0.717) is 48.8 Å². The van der Waals surface area contributed by atoms with Crippen LogP contribution in [-0.2, 0) is 4.79 Å². The summed E-state index contributed by atoms with van der Waals surface area (Å²) in [6.07, 6.45) is 7.94. The third-order valence-corrected chi connectivity index (χ3v) is 5.75. The molecule has 3 aromatic heterocycles. The molecule has 0 unspecified atom stereocenters. The number of piperidine rings is 1. The Bertz CT molecular complexity index is 1130. The Hall–Kier alpha value is -3.33. The predicted molar refractivity (Wildman–Crippen MR) is 116 cm³/mol. The Balaban J connectivity index is 1.57. The van der Waals surface area contributed by atoms with E-state index in [1.165, 1.54) is 0 Å². The van der Waals surface area contributed by atoms with Crippen LogP contribution in [0.4, 0.5) is 11.6 Å². The summed E-state index contributed by atoms with van der Waals surface area (Å²) in [5, 5.41) is 13.6. The molecular weight excluding hydrogens is 396 g/mol. The Labute approximate surface area is 179 Å². The minimum absolute atomic E-state index is 0.00517. The van der Waals surface area contributed by atoms with E-state index in [1.54, 1.807) is 31.8 Å². The van der Waals surface area contributed by atoms with Gasteiger partial charge >= 0.3 is 0 Å². The molecule has 1 saturated carbocycles. The van der Waals surface area contributed by atoms with E-state index in [-0.39, 0.29) is 17.9 Å². The van der Waals surface area contributed by atoms with Crippen LogP contribution < -0.4 is 15.0 Å². The number of hydrogen-bond acceptors (Lipinski definition) is 8. The second-order valence-electron chi connectivity index (χ2n) is 8.02. The van der Waals surface area contributed by atoms with Crippen LogP contribution in [0.15, 0.2) is 30.7 Å². The number of aromatic nitrogens is 4. The molecule has 160 valence electrons. The molecule has 1 aliphatic heterocycles. The van der Waals surface area contributed by atoms with Gasteiger partial charge in [0.2, 0.25) is 5.91 Å². The number of rotatable bonds is 5. The smallest absolute Gasteiger partial charge is 0.228 e. The lowest BCUT2D eigenvalue weighted by molar-refractivity contribution is -0.117. The molecule has 5 rings (SSSR count). The fourth-order valence-electron chi connectivity index (χ4n) is 3.84.